The molecule has 0 saturated carbocycles. The Morgan fingerprint density at radius 2 is 1.71 bits per heavy atom. The van der Waals surface area contributed by atoms with Gasteiger partial charge in [-0.2, -0.15) is 5.26 Å². The van der Waals surface area contributed by atoms with Gasteiger partial charge in [0.1, 0.15) is 29.7 Å². The van der Waals surface area contributed by atoms with E-state index in [2.05, 4.69) is 5.32 Å². The highest BCUT2D eigenvalue weighted by molar-refractivity contribution is 6.30. The highest BCUT2D eigenvalue weighted by atomic mass is 35.5. The van der Waals surface area contributed by atoms with Gasteiger partial charge in [0.25, 0.3) is 5.91 Å². The Bertz CT molecular complexity index is 1100. The van der Waals surface area contributed by atoms with Crippen molar-refractivity contribution in [1.29, 1.82) is 5.26 Å². The molecule has 0 aliphatic rings. The van der Waals surface area contributed by atoms with E-state index in [0.717, 1.165) is 5.56 Å². The summed E-state index contributed by atoms with van der Waals surface area (Å²) in [5.41, 5.74) is 2.27. The molecule has 0 heterocycles. The summed E-state index contributed by atoms with van der Waals surface area (Å²) >= 11 is 5.98. The lowest BCUT2D eigenvalue weighted by molar-refractivity contribution is -0.112. The zero-order valence-corrected chi connectivity index (χ0v) is 17.7. The summed E-state index contributed by atoms with van der Waals surface area (Å²) in [4.78, 5) is 12.4. The van der Waals surface area contributed by atoms with Crippen LogP contribution in [0.2, 0.25) is 5.02 Å². The molecule has 0 aromatic heterocycles. The van der Waals surface area contributed by atoms with E-state index in [0.29, 0.717) is 41.0 Å². The molecule has 0 aliphatic carbocycles. The first-order valence-electron chi connectivity index (χ1n) is 9.70. The Labute approximate surface area is 186 Å². The van der Waals surface area contributed by atoms with Crippen molar-refractivity contribution in [3.63, 3.8) is 0 Å². The summed E-state index contributed by atoms with van der Waals surface area (Å²) in [5, 5.41) is 12.8. The number of ether oxygens (including phenoxy) is 2. The first-order chi connectivity index (χ1) is 15.1. The Morgan fingerprint density at radius 1 is 1.03 bits per heavy atom. The van der Waals surface area contributed by atoms with Gasteiger partial charge < -0.3 is 14.8 Å². The quantitative estimate of drug-likeness (QED) is 0.357. The molecular formula is C25H21ClN2O3. The minimum absolute atomic E-state index is 0.00137. The highest BCUT2D eigenvalue weighted by Gasteiger charge is 2.10. The number of nitrogens with zero attached hydrogens (tertiary/aromatic N) is 1. The van der Waals surface area contributed by atoms with Crippen LogP contribution in [0.3, 0.4) is 0 Å². The number of nitrogens with one attached hydrogen (secondary N) is 1. The SMILES string of the molecule is CCOc1ccc(NC(=O)/C(C#N)=C/c2ccc(OCc3cccc(Cl)c3)cc2)cc1. The highest BCUT2D eigenvalue weighted by Crippen LogP contribution is 2.19. The normalized spacial score (nSPS) is 10.8. The van der Waals surface area contributed by atoms with Crippen LogP contribution >= 0.6 is 11.6 Å². The van der Waals surface area contributed by atoms with Crippen LogP contribution in [0.5, 0.6) is 11.5 Å². The molecule has 156 valence electrons. The van der Waals surface area contributed by atoms with Gasteiger partial charge >= 0.3 is 0 Å². The first kappa shape index (κ1) is 21.9. The van der Waals surface area contributed by atoms with E-state index in [-0.39, 0.29) is 5.57 Å². The van der Waals surface area contributed by atoms with Gasteiger partial charge in [0, 0.05) is 10.7 Å². The number of rotatable bonds is 8. The third-order valence-corrected chi connectivity index (χ3v) is 4.51. The predicted octanol–water partition coefficient (Wildman–Crippen LogP) is 5.86. The Hall–Kier alpha value is -3.75. The van der Waals surface area contributed by atoms with Gasteiger partial charge in [-0.1, -0.05) is 35.9 Å². The molecule has 0 saturated heterocycles. The van der Waals surface area contributed by atoms with Crippen LogP contribution in [0.1, 0.15) is 18.1 Å². The molecule has 0 spiro atoms. The summed E-state index contributed by atoms with van der Waals surface area (Å²) in [6.45, 7) is 2.86. The zero-order valence-electron chi connectivity index (χ0n) is 17.0. The van der Waals surface area contributed by atoms with E-state index in [1.54, 1.807) is 48.5 Å². The summed E-state index contributed by atoms with van der Waals surface area (Å²) in [5.74, 6) is 0.914. The number of halogens is 1. The first-order valence-corrected chi connectivity index (χ1v) is 10.1. The van der Waals surface area contributed by atoms with Crippen LogP contribution in [0.25, 0.3) is 6.08 Å². The minimum atomic E-state index is -0.479. The Kier molecular flexibility index (Phi) is 7.69. The third-order valence-electron chi connectivity index (χ3n) is 4.27. The number of amides is 1. The van der Waals surface area contributed by atoms with Gasteiger partial charge in [-0.25, -0.2) is 0 Å². The largest absolute Gasteiger partial charge is 0.494 e. The Morgan fingerprint density at radius 3 is 2.35 bits per heavy atom. The summed E-state index contributed by atoms with van der Waals surface area (Å²) in [7, 11) is 0. The van der Waals surface area contributed by atoms with Gasteiger partial charge in [0.05, 0.1) is 6.61 Å². The van der Waals surface area contributed by atoms with Crippen molar-refractivity contribution in [2.45, 2.75) is 13.5 Å². The average Bonchev–Trinajstić information content (AvgIpc) is 2.78. The summed E-state index contributed by atoms with van der Waals surface area (Å²) in [6, 6.07) is 23.5. The lowest BCUT2D eigenvalue weighted by atomic mass is 10.1. The fraction of sp³-hybridized carbons (Fsp3) is 0.120. The van der Waals surface area contributed by atoms with Crippen LogP contribution in [0.4, 0.5) is 5.69 Å². The summed E-state index contributed by atoms with van der Waals surface area (Å²) in [6.07, 6.45) is 1.53. The van der Waals surface area contributed by atoms with Crippen molar-refractivity contribution in [3.05, 3.63) is 94.5 Å². The van der Waals surface area contributed by atoms with Gasteiger partial charge in [-0.05, 0) is 72.7 Å². The Balaban J connectivity index is 1.61. The molecule has 3 rings (SSSR count). The number of carbonyl (C=O) groups is 1. The molecule has 0 aliphatic heterocycles. The average molecular weight is 433 g/mol. The van der Waals surface area contributed by atoms with E-state index in [1.807, 2.05) is 37.3 Å². The molecule has 3 aromatic rings. The molecule has 31 heavy (non-hydrogen) atoms. The number of benzene rings is 3. The van der Waals surface area contributed by atoms with Crippen LogP contribution in [0.15, 0.2) is 78.4 Å². The van der Waals surface area contributed by atoms with Crippen LogP contribution in [-0.4, -0.2) is 12.5 Å². The molecular weight excluding hydrogens is 412 g/mol. The lowest BCUT2D eigenvalue weighted by Crippen LogP contribution is -2.13. The standard InChI is InChI=1S/C25H21ClN2O3/c1-2-30-23-12-8-22(9-13-23)28-25(29)20(16-27)14-18-6-10-24(11-7-18)31-17-19-4-3-5-21(26)15-19/h3-15H,2,17H2,1H3,(H,28,29)/b20-14+. The molecule has 1 amide bonds. The van der Waals surface area contributed by atoms with Crippen molar-refractivity contribution >= 4 is 29.3 Å². The molecule has 0 fully saturated rings. The maximum atomic E-state index is 12.4. The van der Waals surface area contributed by atoms with Crippen LogP contribution in [-0.2, 0) is 11.4 Å². The van der Waals surface area contributed by atoms with Gasteiger partial charge in [-0.3, -0.25) is 4.79 Å². The summed E-state index contributed by atoms with van der Waals surface area (Å²) < 4.78 is 11.1. The van der Waals surface area contributed by atoms with Crippen LogP contribution < -0.4 is 14.8 Å². The molecule has 5 nitrogen and oxygen atoms in total. The minimum Gasteiger partial charge on any atom is -0.494 e. The zero-order chi connectivity index (χ0) is 22.1. The fourth-order valence-corrected chi connectivity index (χ4v) is 2.98. The van der Waals surface area contributed by atoms with Gasteiger partial charge in [-0.15, -0.1) is 0 Å². The number of hydrogen-bond acceptors (Lipinski definition) is 4. The van der Waals surface area contributed by atoms with E-state index in [1.165, 1.54) is 6.08 Å². The fourth-order valence-electron chi connectivity index (χ4n) is 2.77. The second-order valence-corrected chi connectivity index (χ2v) is 7.01. The van der Waals surface area contributed by atoms with Crippen molar-refractivity contribution in [2.24, 2.45) is 0 Å². The lowest BCUT2D eigenvalue weighted by Gasteiger charge is -2.08. The maximum absolute atomic E-state index is 12.4. The second kappa shape index (κ2) is 10.9. The molecule has 6 heteroatoms. The number of nitriles is 1. The van der Waals surface area contributed by atoms with E-state index in [9.17, 15) is 10.1 Å². The van der Waals surface area contributed by atoms with E-state index in [4.69, 9.17) is 21.1 Å². The van der Waals surface area contributed by atoms with Crippen LogP contribution in [0, 0.1) is 11.3 Å². The molecule has 1 N–H and O–H groups in total. The number of hydrogen-bond donors (Lipinski definition) is 1. The molecule has 0 unspecified atom stereocenters. The van der Waals surface area contributed by atoms with Crippen molar-refractivity contribution in [2.75, 3.05) is 11.9 Å². The molecule has 0 radical (unpaired) electrons. The second-order valence-electron chi connectivity index (χ2n) is 6.57. The van der Waals surface area contributed by atoms with Crippen molar-refractivity contribution in [3.8, 4) is 17.6 Å². The molecule has 0 bridgehead atoms. The van der Waals surface area contributed by atoms with E-state index >= 15 is 0 Å². The van der Waals surface area contributed by atoms with Gasteiger partial charge in [0.15, 0.2) is 0 Å². The topological polar surface area (TPSA) is 71.3 Å². The third kappa shape index (κ3) is 6.63. The molecule has 3 aromatic carbocycles. The van der Waals surface area contributed by atoms with E-state index < -0.39 is 5.91 Å². The molecule has 0 atom stereocenters. The maximum Gasteiger partial charge on any atom is 0.266 e. The van der Waals surface area contributed by atoms with Crippen molar-refractivity contribution < 1.29 is 14.3 Å². The van der Waals surface area contributed by atoms with Gasteiger partial charge in [0.2, 0.25) is 0 Å². The smallest absolute Gasteiger partial charge is 0.266 e. The number of anilines is 1. The monoisotopic (exact) mass is 432 g/mol. The van der Waals surface area contributed by atoms with Crippen molar-refractivity contribution in [1.82, 2.24) is 0 Å². The number of carbonyl (C=O) groups excluding carboxylic acids is 1. The predicted molar refractivity (Wildman–Crippen MR) is 122 cm³/mol.